The molecule has 0 aliphatic heterocycles. The SMILES string of the molecule is COc1cccc2c1c(=O)[nH]c1c([S+]([O-])c3ccc(C)cc3C)nnn12. The molecule has 26 heavy (non-hydrogen) atoms. The zero-order valence-electron chi connectivity index (χ0n) is 14.4. The Morgan fingerprint density at radius 2 is 2.04 bits per heavy atom. The summed E-state index contributed by atoms with van der Waals surface area (Å²) in [5.74, 6) is 0.443. The summed E-state index contributed by atoms with van der Waals surface area (Å²) in [6.45, 7) is 3.87. The predicted molar refractivity (Wildman–Crippen MR) is 98.3 cm³/mol. The molecule has 0 amide bonds. The molecule has 0 radical (unpaired) electrons. The molecule has 8 heteroatoms. The molecule has 1 unspecified atom stereocenters. The number of benzene rings is 2. The minimum atomic E-state index is -1.56. The van der Waals surface area contributed by atoms with E-state index in [1.165, 1.54) is 11.6 Å². The van der Waals surface area contributed by atoms with Crippen LogP contribution in [0.4, 0.5) is 0 Å². The van der Waals surface area contributed by atoms with Crippen molar-refractivity contribution in [3.63, 3.8) is 0 Å². The number of rotatable bonds is 3. The van der Waals surface area contributed by atoms with Crippen LogP contribution in [0, 0.1) is 13.8 Å². The monoisotopic (exact) mass is 368 g/mol. The Bertz CT molecular complexity index is 1200. The average molecular weight is 368 g/mol. The van der Waals surface area contributed by atoms with E-state index >= 15 is 0 Å². The summed E-state index contributed by atoms with van der Waals surface area (Å²) in [5, 5.41) is 8.78. The Balaban J connectivity index is 1.97. The summed E-state index contributed by atoms with van der Waals surface area (Å²) in [6.07, 6.45) is 0. The number of methoxy groups -OCH3 is 1. The fourth-order valence-corrected chi connectivity index (χ4v) is 4.22. The molecule has 1 N–H and O–H groups in total. The van der Waals surface area contributed by atoms with Crippen LogP contribution >= 0.6 is 0 Å². The van der Waals surface area contributed by atoms with Crippen LogP contribution in [-0.2, 0) is 11.2 Å². The lowest BCUT2D eigenvalue weighted by atomic mass is 10.2. The van der Waals surface area contributed by atoms with Crippen LogP contribution in [0.5, 0.6) is 5.75 Å². The second kappa shape index (κ2) is 6.15. The first-order chi connectivity index (χ1) is 12.5. The first-order valence-electron chi connectivity index (χ1n) is 7.94. The molecule has 0 aliphatic carbocycles. The Hall–Kier alpha value is -2.84. The number of ether oxygens (including phenoxy) is 1. The van der Waals surface area contributed by atoms with Gasteiger partial charge in [-0.25, -0.2) is 0 Å². The van der Waals surface area contributed by atoms with Gasteiger partial charge < -0.3 is 14.3 Å². The summed E-state index contributed by atoms with van der Waals surface area (Å²) in [5.41, 5.74) is 2.50. The Labute approximate surface area is 151 Å². The Morgan fingerprint density at radius 1 is 1.23 bits per heavy atom. The predicted octanol–water partition coefficient (Wildman–Crippen LogP) is 2.36. The Kier molecular flexibility index (Phi) is 3.93. The van der Waals surface area contributed by atoms with Crippen LogP contribution in [-0.4, -0.2) is 31.5 Å². The highest BCUT2D eigenvalue weighted by molar-refractivity contribution is 7.91. The van der Waals surface area contributed by atoms with Crippen LogP contribution in [0.2, 0.25) is 0 Å². The third kappa shape index (κ3) is 2.46. The van der Waals surface area contributed by atoms with Gasteiger partial charge in [0, 0.05) is 16.7 Å². The van der Waals surface area contributed by atoms with Crippen LogP contribution < -0.4 is 10.3 Å². The van der Waals surface area contributed by atoms with Crippen molar-refractivity contribution in [3.8, 4) is 5.75 Å². The molecule has 2 aromatic carbocycles. The third-order valence-corrected chi connectivity index (χ3v) is 5.74. The van der Waals surface area contributed by atoms with Crippen LogP contribution in [0.1, 0.15) is 11.1 Å². The fourth-order valence-electron chi connectivity index (χ4n) is 3.04. The van der Waals surface area contributed by atoms with E-state index in [4.69, 9.17) is 4.74 Å². The van der Waals surface area contributed by atoms with E-state index in [1.54, 1.807) is 18.2 Å². The van der Waals surface area contributed by atoms with Crippen LogP contribution in [0.3, 0.4) is 0 Å². The van der Waals surface area contributed by atoms with Crippen molar-refractivity contribution >= 4 is 27.7 Å². The summed E-state index contributed by atoms with van der Waals surface area (Å²) in [7, 11) is 1.50. The molecular weight excluding hydrogens is 352 g/mol. The van der Waals surface area contributed by atoms with E-state index in [0.29, 0.717) is 27.2 Å². The fraction of sp³-hybridized carbons (Fsp3) is 0.167. The highest BCUT2D eigenvalue weighted by Crippen LogP contribution is 2.27. The van der Waals surface area contributed by atoms with Crippen molar-refractivity contribution < 1.29 is 9.29 Å². The number of hydrogen-bond donors (Lipinski definition) is 1. The molecule has 0 bridgehead atoms. The average Bonchev–Trinajstić information content (AvgIpc) is 3.04. The third-order valence-electron chi connectivity index (χ3n) is 4.26. The lowest BCUT2D eigenvalue weighted by Gasteiger charge is -2.10. The number of fused-ring (bicyclic) bond motifs is 3. The van der Waals surface area contributed by atoms with Crippen molar-refractivity contribution in [3.05, 3.63) is 57.9 Å². The van der Waals surface area contributed by atoms with Gasteiger partial charge in [-0.3, -0.25) is 4.79 Å². The number of nitrogens with one attached hydrogen (secondary N) is 1. The molecule has 0 saturated carbocycles. The van der Waals surface area contributed by atoms with E-state index in [2.05, 4.69) is 15.3 Å². The Morgan fingerprint density at radius 3 is 2.77 bits per heavy atom. The van der Waals surface area contributed by atoms with Crippen molar-refractivity contribution in [2.75, 3.05) is 7.11 Å². The van der Waals surface area contributed by atoms with Crippen LogP contribution in [0.15, 0.2) is 51.1 Å². The quantitative estimate of drug-likeness (QED) is 0.560. The second-order valence-electron chi connectivity index (χ2n) is 6.00. The van der Waals surface area contributed by atoms with E-state index in [9.17, 15) is 9.35 Å². The highest BCUT2D eigenvalue weighted by atomic mass is 32.2. The topological polar surface area (TPSA) is 95.3 Å². The number of aromatic nitrogens is 4. The van der Waals surface area contributed by atoms with E-state index < -0.39 is 11.2 Å². The number of aromatic amines is 1. The summed E-state index contributed by atoms with van der Waals surface area (Å²) in [6, 6.07) is 10.9. The van der Waals surface area contributed by atoms with Gasteiger partial charge in [0.15, 0.2) is 4.90 Å². The number of nitrogens with zero attached hydrogens (tertiary/aromatic N) is 3. The van der Waals surface area contributed by atoms with Gasteiger partial charge in [0.25, 0.3) is 5.56 Å². The minimum absolute atomic E-state index is 0.221. The van der Waals surface area contributed by atoms with Crippen molar-refractivity contribution in [2.24, 2.45) is 0 Å². The summed E-state index contributed by atoms with van der Waals surface area (Å²) < 4.78 is 19.8. The first kappa shape index (κ1) is 16.6. The molecule has 4 rings (SSSR count). The molecule has 7 nitrogen and oxygen atoms in total. The molecule has 132 valence electrons. The summed E-state index contributed by atoms with van der Waals surface area (Å²) >= 11 is -1.56. The van der Waals surface area contributed by atoms with Gasteiger partial charge in [-0.2, -0.15) is 4.52 Å². The van der Waals surface area contributed by atoms with Gasteiger partial charge in [-0.05, 0) is 32.0 Å². The molecule has 1 atom stereocenters. The van der Waals surface area contributed by atoms with E-state index in [1.807, 2.05) is 32.0 Å². The first-order valence-corrected chi connectivity index (χ1v) is 9.09. The maximum absolute atomic E-state index is 13.1. The molecular formula is C18H16N4O3S. The lowest BCUT2D eigenvalue weighted by Crippen LogP contribution is -2.13. The molecule has 0 fully saturated rings. The van der Waals surface area contributed by atoms with Gasteiger partial charge in [0.05, 0.1) is 12.6 Å². The van der Waals surface area contributed by atoms with E-state index in [0.717, 1.165) is 11.1 Å². The smallest absolute Gasteiger partial charge is 0.313 e. The molecule has 0 spiro atoms. The minimum Gasteiger partial charge on any atom is -0.605 e. The maximum Gasteiger partial charge on any atom is 0.313 e. The molecule has 0 aliphatic rings. The van der Waals surface area contributed by atoms with Gasteiger partial charge in [-0.1, -0.05) is 34.1 Å². The van der Waals surface area contributed by atoms with Gasteiger partial charge in [0.1, 0.15) is 11.1 Å². The number of aryl methyl sites for hydroxylation is 2. The maximum atomic E-state index is 13.1. The van der Waals surface area contributed by atoms with Gasteiger partial charge >= 0.3 is 5.03 Å². The van der Waals surface area contributed by atoms with E-state index in [-0.39, 0.29) is 10.6 Å². The van der Waals surface area contributed by atoms with Crippen molar-refractivity contribution in [2.45, 2.75) is 23.8 Å². The molecule has 4 aromatic rings. The largest absolute Gasteiger partial charge is 0.605 e. The number of hydrogen-bond acceptors (Lipinski definition) is 5. The zero-order chi connectivity index (χ0) is 18.4. The molecule has 2 heterocycles. The highest BCUT2D eigenvalue weighted by Gasteiger charge is 2.26. The number of H-pyrrole nitrogens is 1. The normalized spacial score (nSPS) is 12.6. The molecule has 0 saturated heterocycles. The van der Waals surface area contributed by atoms with Crippen molar-refractivity contribution in [1.82, 2.24) is 19.8 Å². The standard InChI is InChI=1S/C18H16N4O3S/c1-10-7-8-14(11(2)9-10)26(24)18-16-19-17(23)15-12(22(16)21-20-18)5-4-6-13(15)25-3/h4-9H,1-3H3,(H,19,23). The zero-order valence-corrected chi connectivity index (χ0v) is 15.3. The van der Waals surface area contributed by atoms with Crippen molar-refractivity contribution in [1.29, 1.82) is 0 Å². The summed E-state index contributed by atoms with van der Waals surface area (Å²) in [4.78, 5) is 16.0. The second-order valence-corrected chi connectivity index (χ2v) is 7.37. The lowest BCUT2D eigenvalue weighted by molar-refractivity contribution is 0.419. The van der Waals surface area contributed by atoms with Crippen LogP contribution in [0.25, 0.3) is 16.6 Å². The molecule has 2 aromatic heterocycles. The van der Waals surface area contributed by atoms with Gasteiger partial charge in [0.2, 0.25) is 5.65 Å². The van der Waals surface area contributed by atoms with Gasteiger partial charge in [-0.15, -0.1) is 0 Å².